The third kappa shape index (κ3) is 4.47. The number of halogens is 3. The normalized spacial score (nSPS) is 13.9. The standard InChI is InChI=1S/C13H13Cl2FN2O3/c14-9-3-8(4-10(15)12(9)16)17-13(21)18(6-11(19)20)5-7-1-2-7/h3-4,7H,1-2,5-6H2,(H,17,21)(H,19,20). The maximum absolute atomic E-state index is 13.3. The molecule has 0 aliphatic heterocycles. The summed E-state index contributed by atoms with van der Waals surface area (Å²) in [6.07, 6.45) is 1.97. The minimum atomic E-state index is -1.10. The van der Waals surface area contributed by atoms with Gasteiger partial charge in [-0.1, -0.05) is 23.2 Å². The summed E-state index contributed by atoms with van der Waals surface area (Å²) in [5.74, 6) is -1.52. The first-order valence-electron chi connectivity index (χ1n) is 6.29. The summed E-state index contributed by atoms with van der Waals surface area (Å²) in [7, 11) is 0. The molecule has 21 heavy (non-hydrogen) atoms. The Morgan fingerprint density at radius 3 is 2.38 bits per heavy atom. The number of carbonyl (C=O) groups is 2. The van der Waals surface area contributed by atoms with Gasteiger partial charge >= 0.3 is 12.0 Å². The molecule has 0 spiro atoms. The molecule has 1 aromatic carbocycles. The van der Waals surface area contributed by atoms with Crippen LogP contribution in [0.1, 0.15) is 12.8 Å². The zero-order valence-electron chi connectivity index (χ0n) is 10.9. The summed E-state index contributed by atoms with van der Waals surface area (Å²) >= 11 is 11.3. The van der Waals surface area contributed by atoms with Crippen molar-refractivity contribution >= 4 is 40.9 Å². The first-order chi connectivity index (χ1) is 9.86. The molecule has 2 amide bonds. The molecule has 5 nitrogen and oxygen atoms in total. The molecule has 1 aliphatic rings. The number of urea groups is 1. The van der Waals surface area contributed by atoms with E-state index in [1.165, 1.54) is 17.0 Å². The van der Waals surface area contributed by atoms with E-state index in [4.69, 9.17) is 28.3 Å². The van der Waals surface area contributed by atoms with E-state index >= 15 is 0 Å². The highest BCUT2D eigenvalue weighted by atomic mass is 35.5. The van der Waals surface area contributed by atoms with Gasteiger partial charge in [0.25, 0.3) is 0 Å². The van der Waals surface area contributed by atoms with Crippen molar-refractivity contribution in [2.24, 2.45) is 5.92 Å². The Bertz CT molecular complexity index is 556. The van der Waals surface area contributed by atoms with E-state index in [1.807, 2.05) is 0 Å². The van der Waals surface area contributed by atoms with Crippen LogP contribution in [0.15, 0.2) is 12.1 Å². The smallest absolute Gasteiger partial charge is 0.323 e. The van der Waals surface area contributed by atoms with E-state index in [0.717, 1.165) is 12.8 Å². The van der Waals surface area contributed by atoms with Crippen LogP contribution in [-0.2, 0) is 4.79 Å². The lowest BCUT2D eigenvalue weighted by atomic mass is 10.3. The average molecular weight is 335 g/mol. The van der Waals surface area contributed by atoms with Gasteiger partial charge in [0, 0.05) is 12.2 Å². The molecule has 2 N–H and O–H groups in total. The fourth-order valence-electron chi connectivity index (χ4n) is 1.82. The van der Waals surface area contributed by atoms with Crippen molar-refractivity contribution in [1.82, 2.24) is 4.90 Å². The third-order valence-corrected chi connectivity index (χ3v) is 3.57. The van der Waals surface area contributed by atoms with Crippen molar-refractivity contribution in [3.63, 3.8) is 0 Å². The fourth-order valence-corrected chi connectivity index (χ4v) is 2.31. The number of hydrogen-bond donors (Lipinski definition) is 2. The summed E-state index contributed by atoms with van der Waals surface area (Å²) in [6.45, 7) is -0.0220. The van der Waals surface area contributed by atoms with E-state index in [2.05, 4.69) is 5.32 Å². The van der Waals surface area contributed by atoms with Gasteiger partial charge in [-0.2, -0.15) is 0 Å². The lowest BCUT2D eigenvalue weighted by Gasteiger charge is -2.21. The van der Waals surface area contributed by atoms with Gasteiger partial charge in [-0.15, -0.1) is 0 Å². The molecule has 1 aromatic rings. The Labute approximate surface area is 130 Å². The second-order valence-electron chi connectivity index (χ2n) is 4.90. The van der Waals surface area contributed by atoms with Gasteiger partial charge in [-0.05, 0) is 30.9 Å². The molecule has 0 bridgehead atoms. The van der Waals surface area contributed by atoms with E-state index < -0.39 is 24.4 Å². The molecule has 0 radical (unpaired) electrons. The van der Waals surface area contributed by atoms with Crippen molar-refractivity contribution in [1.29, 1.82) is 0 Å². The van der Waals surface area contributed by atoms with E-state index in [9.17, 15) is 14.0 Å². The number of carbonyl (C=O) groups excluding carboxylic acids is 1. The molecule has 114 valence electrons. The summed E-state index contributed by atoms with van der Waals surface area (Å²) < 4.78 is 13.3. The molecule has 8 heteroatoms. The van der Waals surface area contributed by atoms with E-state index in [0.29, 0.717) is 12.5 Å². The second-order valence-corrected chi connectivity index (χ2v) is 5.72. The zero-order chi connectivity index (χ0) is 15.6. The lowest BCUT2D eigenvalue weighted by molar-refractivity contribution is -0.137. The summed E-state index contributed by atoms with van der Waals surface area (Å²) in [4.78, 5) is 24.1. The van der Waals surface area contributed by atoms with Crippen LogP contribution < -0.4 is 5.32 Å². The van der Waals surface area contributed by atoms with Crippen molar-refractivity contribution in [3.8, 4) is 0 Å². The molecular weight excluding hydrogens is 322 g/mol. The Morgan fingerprint density at radius 1 is 1.33 bits per heavy atom. The maximum atomic E-state index is 13.3. The minimum Gasteiger partial charge on any atom is -0.480 e. The Hall–Kier alpha value is -1.53. The molecular formula is C13H13Cl2FN2O3. The number of aliphatic carboxylic acids is 1. The molecule has 2 rings (SSSR count). The molecule has 1 fully saturated rings. The Morgan fingerprint density at radius 2 is 1.90 bits per heavy atom. The first-order valence-corrected chi connectivity index (χ1v) is 7.04. The van der Waals surface area contributed by atoms with Gasteiger partial charge in [0.1, 0.15) is 6.54 Å². The highest BCUT2D eigenvalue weighted by molar-refractivity contribution is 6.35. The molecule has 0 atom stereocenters. The number of amides is 2. The molecule has 0 aromatic heterocycles. The number of anilines is 1. The number of rotatable bonds is 5. The monoisotopic (exact) mass is 334 g/mol. The average Bonchev–Trinajstić information content (AvgIpc) is 3.18. The first kappa shape index (κ1) is 15.9. The van der Waals surface area contributed by atoms with E-state index in [1.54, 1.807) is 0 Å². The minimum absolute atomic E-state index is 0.211. The van der Waals surface area contributed by atoms with Crippen molar-refractivity contribution < 1.29 is 19.1 Å². The molecule has 1 aliphatic carbocycles. The van der Waals surface area contributed by atoms with Crippen molar-refractivity contribution in [2.75, 3.05) is 18.4 Å². The predicted molar refractivity (Wildman–Crippen MR) is 77.4 cm³/mol. The highest BCUT2D eigenvalue weighted by Gasteiger charge is 2.28. The summed E-state index contributed by atoms with van der Waals surface area (Å²) in [5.41, 5.74) is 0.211. The molecule has 0 heterocycles. The summed E-state index contributed by atoms with van der Waals surface area (Å²) in [5, 5.41) is 10.9. The summed E-state index contributed by atoms with van der Waals surface area (Å²) in [6, 6.07) is 1.86. The van der Waals surface area contributed by atoms with Gasteiger partial charge in [0.15, 0.2) is 5.82 Å². The highest BCUT2D eigenvalue weighted by Crippen LogP contribution is 2.30. The van der Waals surface area contributed by atoms with Crippen LogP contribution in [-0.4, -0.2) is 35.1 Å². The van der Waals surface area contributed by atoms with Gasteiger partial charge in [-0.25, -0.2) is 9.18 Å². The van der Waals surface area contributed by atoms with Crippen LogP contribution in [0.5, 0.6) is 0 Å². The van der Waals surface area contributed by atoms with Crippen LogP contribution >= 0.6 is 23.2 Å². The zero-order valence-corrected chi connectivity index (χ0v) is 12.4. The SMILES string of the molecule is O=C(O)CN(CC1CC1)C(=O)Nc1cc(Cl)c(F)c(Cl)c1. The number of benzene rings is 1. The van der Waals surface area contributed by atoms with Crippen molar-refractivity contribution in [3.05, 3.63) is 28.0 Å². The molecule has 0 unspecified atom stereocenters. The largest absolute Gasteiger partial charge is 0.480 e. The van der Waals surface area contributed by atoms with Gasteiger partial charge < -0.3 is 15.3 Å². The maximum Gasteiger partial charge on any atom is 0.323 e. The fraction of sp³-hybridized carbons (Fsp3) is 0.385. The lowest BCUT2D eigenvalue weighted by Crippen LogP contribution is -2.40. The van der Waals surface area contributed by atoms with Gasteiger partial charge in [-0.3, -0.25) is 4.79 Å². The molecule has 0 saturated heterocycles. The third-order valence-electron chi connectivity index (χ3n) is 3.02. The number of nitrogens with zero attached hydrogens (tertiary/aromatic N) is 1. The number of hydrogen-bond acceptors (Lipinski definition) is 2. The Kier molecular flexibility index (Phi) is 4.90. The Balaban J connectivity index is 2.08. The van der Waals surface area contributed by atoms with Crippen LogP contribution in [0.4, 0.5) is 14.9 Å². The van der Waals surface area contributed by atoms with Crippen LogP contribution in [0.2, 0.25) is 10.0 Å². The van der Waals surface area contributed by atoms with Gasteiger partial charge in [0.2, 0.25) is 0 Å². The number of carboxylic acid groups (broad SMARTS) is 1. The van der Waals surface area contributed by atoms with Crippen molar-refractivity contribution in [2.45, 2.75) is 12.8 Å². The second kappa shape index (κ2) is 6.49. The topological polar surface area (TPSA) is 69.6 Å². The van der Waals surface area contributed by atoms with E-state index in [-0.39, 0.29) is 15.7 Å². The predicted octanol–water partition coefficient (Wildman–Crippen LogP) is 3.46. The van der Waals surface area contributed by atoms with Crippen LogP contribution in [0, 0.1) is 11.7 Å². The quantitative estimate of drug-likeness (QED) is 0.810. The van der Waals surface area contributed by atoms with Crippen LogP contribution in [0.25, 0.3) is 0 Å². The number of carboxylic acids is 1. The molecule has 1 saturated carbocycles. The van der Waals surface area contributed by atoms with Crippen LogP contribution in [0.3, 0.4) is 0 Å². The van der Waals surface area contributed by atoms with Gasteiger partial charge in [0.05, 0.1) is 10.0 Å². The number of nitrogens with one attached hydrogen (secondary N) is 1.